The van der Waals surface area contributed by atoms with Gasteiger partial charge in [-0.25, -0.2) is 9.88 Å². The number of nitriles is 1. The number of pyridine rings is 1. The first-order valence-corrected chi connectivity index (χ1v) is 9.93. The van der Waals surface area contributed by atoms with Crippen LogP contribution in [0.5, 0.6) is 5.75 Å². The summed E-state index contributed by atoms with van der Waals surface area (Å²) < 4.78 is 5.12. The second-order valence-corrected chi connectivity index (χ2v) is 8.23. The number of amides is 2. The van der Waals surface area contributed by atoms with Gasteiger partial charge in [0.25, 0.3) is 5.03 Å². The number of anilines is 1. The highest BCUT2D eigenvalue weighted by molar-refractivity contribution is 8.00. The van der Waals surface area contributed by atoms with Gasteiger partial charge >= 0.3 is 0 Å². The Morgan fingerprint density at radius 2 is 1.96 bits per heavy atom. The minimum atomic E-state index is -0.563. The van der Waals surface area contributed by atoms with E-state index in [2.05, 4.69) is 24.9 Å². The number of methoxy groups -OCH3 is 1. The Hall–Kier alpha value is -2.85. The van der Waals surface area contributed by atoms with Gasteiger partial charge < -0.3 is 4.74 Å². The molecule has 28 heavy (non-hydrogen) atoms. The number of hydrogen-bond acceptors (Lipinski definition) is 5. The summed E-state index contributed by atoms with van der Waals surface area (Å²) in [6.07, 6.45) is 0.942. The number of rotatable bonds is 6. The van der Waals surface area contributed by atoms with E-state index < -0.39 is 5.25 Å². The molecule has 2 amide bonds. The Kier molecular flexibility index (Phi) is 6.00. The highest BCUT2D eigenvalue weighted by Crippen LogP contribution is 2.34. The van der Waals surface area contributed by atoms with Gasteiger partial charge in [-0.3, -0.25) is 9.59 Å². The standard InChI is InChI=1S/C21H21N3O3S/c1-13(2)10-15-5-4-14(12-22)20(23-15)28-18-11-19(25)24(21(18)26)16-6-8-17(27-3)9-7-16/h4-9,13,18H,10-11H2,1-3H3/p+1. The average Bonchev–Trinajstić information content (AvgIpc) is 2.95. The molecule has 1 aromatic heterocycles. The predicted molar refractivity (Wildman–Crippen MR) is 106 cm³/mol. The molecule has 0 radical (unpaired) electrons. The minimum Gasteiger partial charge on any atom is -0.497 e. The second kappa shape index (κ2) is 8.44. The molecule has 1 saturated heterocycles. The quantitative estimate of drug-likeness (QED) is 0.701. The van der Waals surface area contributed by atoms with Crippen molar-refractivity contribution in [2.45, 2.75) is 37.0 Å². The van der Waals surface area contributed by atoms with Crippen molar-refractivity contribution in [3.05, 3.63) is 47.7 Å². The largest absolute Gasteiger partial charge is 0.497 e. The molecule has 1 atom stereocenters. The summed E-state index contributed by atoms with van der Waals surface area (Å²) >= 11 is 1.25. The van der Waals surface area contributed by atoms with Gasteiger partial charge in [-0.05, 0) is 48.0 Å². The molecule has 2 aromatic rings. The lowest BCUT2D eigenvalue weighted by atomic mass is 10.1. The summed E-state index contributed by atoms with van der Waals surface area (Å²) in [5.41, 5.74) is 2.00. The molecular formula is C21H22N3O3S+. The number of aromatic amines is 1. The molecule has 1 aliphatic heterocycles. The van der Waals surface area contributed by atoms with Crippen molar-refractivity contribution in [2.75, 3.05) is 12.0 Å². The van der Waals surface area contributed by atoms with Gasteiger partial charge in [-0.2, -0.15) is 5.26 Å². The number of imide groups is 1. The van der Waals surface area contributed by atoms with Crippen LogP contribution in [0.25, 0.3) is 0 Å². The van der Waals surface area contributed by atoms with Crippen molar-refractivity contribution < 1.29 is 19.3 Å². The lowest BCUT2D eigenvalue weighted by Gasteiger charge is -2.15. The molecule has 7 heteroatoms. The van der Waals surface area contributed by atoms with E-state index in [1.54, 1.807) is 37.4 Å². The summed E-state index contributed by atoms with van der Waals surface area (Å²) in [6.45, 7) is 4.23. The fourth-order valence-electron chi connectivity index (χ4n) is 3.10. The maximum Gasteiger partial charge on any atom is 0.257 e. The van der Waals surface area contributed by atoms with E-state index in [0.717, 1.165) is 12.1 Å². The van der Waals surface area contributed by atoms with Crippen molar-refractivity contribution in [3.8, 4) is 11.8 Å². The van der Waals surface area contributed by atoms with Gasteiger partial charge in [0.2, 0.25) is 11.8 Å². The normalized spacial score (nSPS) is 16.5. The Bertz CT molecular complexity index is 935. The van der Waals surface area contributed by atoms with E-state index in [1.165, 1.54) is 16.7 Å². The third-order valence-corrected chi connectivity index (χ3v) is 5.62. The van der Waals surface area contributed by atoms with E-state index in [4.69, 9.17) is 4.74 Å². The van der Waals surface area contributed by atoms with E-state index in [9.17, 15) is 14.9 Å². The summed E-state index contributed by atoms with van der Waals surface area (Å²) in [5, 5.41) is 9.47. The van der Waals surface area contributed by atoms with Crippen LogP contribution in [0.15, 0.2) is 41.4 Å². The Morgan fingerprint density at radius 1 is 1.25 bits per heavy atom. The summed E-state index contributed by atoms with van der Waals surface area (Å²) in [6, 6.07) is 12.6. The summed E-state index contributed by atoms with van der Waals surface area (Å²) in [7, 11) is 1.56. The van der Waals surface area contributed by atoms with Crippen LogP contribution in [-0.4, -0.2) is 24.2 Å². The number of ether oxygens (including phenoxy) is 1. The molecule has 2 heterocycles. The topological polar surface area (TPSA) is 84.5 Å². The van der Waals surface area contributed by atoms with Gasteiger partial charge in [0, 0.05) is 18.9 Å². The van der Waals surface area contributed by atoms with E-state index in [1.807, 2.05) is 6.07 Å². The summed E-state index contributed by atoms with van der Waals surface area (Å²) in [4.78, 5) is 29.9. The number of carbonyl (C=O) groups excluding carboxylic acids is 2. The number of H-pyrrole nitrogens is 1. The van der Waals surface area contributed by atoms with Crippen LogP contribution in [0.1, 0.15) is 31.5 Å². The van der Waals surface area contributed by atoms with Crippen molar-refractivity contribution >= 4 is 29.3 Å². The SMILES string of the molecule is COc1ccc(N2C(=O)CC(Sc3[nH+]c(CC(C)C)ccc3C#N)C2=O)cc1. The fraction of sp³-hybridized carbons (Fsp3) is 0.333. The molecule has 144 valence electrons. The lowest BCUT2D eigenvalue weighted by molar-refractivity contribution is -0.438. The molecule has 0 bridgehead atoms. The van der Waals surface area contributed by atoms with Gasteiger partial charge in [-0.1, -0.05) is 13.8 Å². The van der Waals surface area contributed by atoms with Crippen LogP contribution >= 0.6 is 11.8 Å². The van der Waals surface area contributed by atoms with Crippen LogP contribution in [0.4, 0.5) is 5.69 Å². The number of benzene rings is 1. The van der Waals surface area contributed by atoms with Gasteiger partial charge in [-0.15, -0.1) is 0 Å². The van der Waals surface area contributed by atoms with Gasteiger partial charge in [0.05, 0.1) is 12.8 Å². The van der Waals surface area contributed by atoms with Gasteiger partial charge in [0.1, 0.15) is 22.6 Å². The number of nitrogens with zero attached hydrogens (tertiary/aromatic N) is 2. The molecular weight excluding hydrogens is 374 g/mol. The molecule has 0 aliphatic carbocycles. The van der Waals surface area contributed by atoms with Crippen LogP contribution in [-0.2, 0) is 16.0 Å². The molecule has 0 spiro atoms. The summed E-state index contributed by atoms with van der Waals surface area (Å²) in [5.74, 6) is 0.600. The zero-order valence-corrected chi connectivity index (χ0v) is 16.9. The molecule has 0 saturated carbocycles. The first kappa shape index (κ1) is 19.9. The Labute approximate surface area is 168 Å². The van der Waals surface area contributed by atoms with Crippen LogP contribution in [0, 0.1) is 17.2 Å². The van der Waals surface area contributed by atoms with Crippen LogP contribution < -0.4 is 14.6 Å². The van der Waals surface area contributed by atoms with E-state index >= 15 is 0 Å². The first-order valence-electron chi connectivity index (χ1n) is 9.05. The fourth-order valence-corrected chi connectivity index (χ4v) is 4.24. The zero-order valence-electron chi connectivity index (χ0n) is 16.1. The van der Waals surface area contributed by atoms with Gasteiger partial charge in [0.15, 0.2) is 5.69 Å². The van der Waals surface area contributed by atoms with Crippen LogP contribution in [0.2, 0.25) is 0 Å². The average molecular weight is 396 g/mol. The number of nitrogens with one attached hydrogen (secondary N) is 1. The second-order valence-electron chi connectivity index (χ2n) is 7.01. The first-order chi connectivity index (χ1) is 13.4. The van der Waals surface area contributed by atoms with Crippen molar-refractivity contribution in [2.24, 2.45) is 5.92 Å². The molecule has 1 aliphatic rings. The molecule has 1 unspecified atom stereocenters. The van der Waals surface area contributed by atoms with E-state index in [-0.39, 0.29) is 18.2 Å². The monoisotopic (exact) mass is 396 g/mol. The predicted octanol–water partition coefficient (Wildman–Crippen LogP) is 3.00. The third kappa shape index (κ3) is 4.18. The third-order valence-electron chi connectivity index (χ3n) is 4.41. The highest BCUT2D eigenvalue weighted by Gasteiger charge is 2.41. The molecule has 6 nitrogen and oxygen atoms in total. The smallest absolute Gasteiger partial charge is 0.257 e. The maximum atomic E-state index is 12.9. The molecule has 1 N–H and O–H groups in total. The van der Waals surface area contributed by atoms with Crippen molar-refractivity contribution in [1.29, 1.82) is 5.26 Å². The zero-order chi connectivity index (χ0) is 20.3. The highest BCUT2D eigenvalue weighted by atomic mass is 32.2. The minimum absolute atomic E-state index is 0.0998. The molecule has 1 aromatic carbocycles. The number of thioether (sulfide) groups is 1. The van der Waals surface area contributed by atoms with Crippen LogP contribution in [0.3, 0.4) is 0 Å². The number of aromatic nitrogens is 1. The molecule has 3 rings (SSSR count). The van der Waals surface area contributed by atoms with E-state index in [0.29, 0.717) is 27.9 Å². The molecule has 1 fully saturated rings. The number of hydrogen-bond donors (Lipinski definition) is 0. The Balaban J connectivity index is 1.82. The Morgan fingerprint density at radius 3 is 2.57 bits per heavy atom. The van der Waals surface area contributed by atoms with Crippen molar-refractivity contribution in [1.82, 2.24) is 0 Å². The lowest BCUT2D eigenvalue weighted by Crippen LogP contribution is -2.31. The maximum absolute atomic E-state index is 12.9. The number of carbonyl (C=O) groups is 2. The van der Waals surface area contributed by atoms with Crippen molar-refractivity contribution in [3.63, 3.8) is 0 Å².